The fourth-order valence-corrected chi connectivity index (χ4v) is 1.33. The van der Waals surface area contributed by atoms with Crippen molar-refractivity contribution in [1.82, 2.24) is 4.98 Å². The smallest absolute Gasteiger partial charge is 0.223 e. The predicted molar refractivity (Wildman–Crippen MR) is 40.9 cm³/mol. The van der Waals surface area contributed by atoms with Crippen LogP contribution in [0.3, 0.4) is 0 Å². The van der Waals surface area contributed by atoms with E-state index in [4.69, 9.17) is 10.8 Å². The first-order valence-corrected chi connectivity index (χ1v) is 3.93. The van der Waals surface area contributed by atoms with Crippen LogP contribution < -0.4 is 5.73 Å². The lowest BCUT2D eigenvalue weighted by atomic mass is 10.3. The van der Waals surface area contributed by atoms with Gasteiger partial charge in [-0.2, -0.15) is 0 Å². The molecule has 0 saturated heterocycles. The van der Waals surface area contributed by atoms with E-state index >= 15 is 0 Å². The van der Waals surface area contributed by atoms with Crippen LogP contribution in [-0.2, 0) is 17.8 Å². The van der Waals surface area contributed by atoms with E-state index < -0.39 is 5.91 Å². The van der Waals surface area contributed by atoms with Gasteiger partial charge in [-0.15, -0.1) is 11.3 Å². The fourth-order valence-electron chi connectivity index (χ4n) is 0.681. The summed E-state index contributed by atoms with van der Waals surface area (Å²) in [5, 5.41) is 10.9. The molecule has 1 heterocycles. The molecule has 1 amide bonds. The lowest BCUT2D eigenvalue weighted by Gasteiger charge is -1.87. The molecule has 0 fully saturated rings. The topological polar surface area (TPSA) is 76.2 Å². The number of hydrogen-bond donors (Lipinski definition) is 2. The average Bonchev–Trinajstić information content (AvgIpc) is 2.34. The zero-order valence-corrected chi connectivity index (χ0v) is 6.60. The van der Waals surface area contributed by atoms with Gasteiger partial charge >= 0.3 is 0 Å². The van der Waals surface area contributed by atoms with Crippen LogP contribution in [0, 0.1) is 0 Å². The molecule has 0 aliphatic carbocycles. The van der Waals surface area contributed by atoms with Crippen LogP contribution in [0.1, 0.15) is 10.7 Å². The number of amides is 1. The van der Waals surface area contributed by atoms with Crippen molar-refractivity contribution in [3.05, 3.63) is 16.1 Å². The molecule has 1 aromatic rings. The van der Waals surface area contributed by atoms with Gasteiger partial charge in [0.05, 0.1) is 18.7 Å². The molecule has 0 saturated carbocycles. The largest absolute Gasteiger partial charge is 0.389 e. The van der Waals surface area contributed by atoms with Crippen molar-refractivity contribution in [1.29, 1.82) is 0 Å². The molecule has 60 valence electrons. The molecule has 0 bridgehead atoms. The maximum Gasteiger partial charge on any atom is 0.223 e. The van der Waals surface area contributed by atoms with Gasteiger partial charge < -0.3 is 10.8 Å². The normalized spacial score (nSPS) is 9.91. The molecular weight excluding hydrogens is 164 g/mol. The minimum absolute atomic E-state index is 0.0799. The monoisotopic (exact) mass is 172 g/mol. The Morgan fingerprint density at radius 2 is 2.55 bits per heavy atom. The number of nitrogens with zero attached hydrogens (tertiary/aromatic N) is 1. The number of nitrogens with two attached hydrogens (primary N) is 1. The van der Waals surface area contributed by atoms with E-state index in [-0.39, 0.29) is 13.0 Å². The molecule has 5 heteroatoms. The first-order chi connectivity index (χ1) is 5.22. The quantitative estimate of drug-likeness (QED) is 0.655. The number of aliphatic hydroxyl groups excluding tert-OH is 1. The fraction of sp³-hybridized carbons (Fsp3) is 0.333. The summed E-state index contributed by atoms with van der Waals surface area (Å²) in [5.41, 5.74) is 5.57. The lowest BCUT2D eigenvalue weighted by Crippen LogP contribution is -2.13. The van der Waals surface area contributed by atoms with Gasteiger partial charge in [-0.3, -0.25) is 4.79 Å². The highest BCUT2D eigenvalue weighted by molar-refractivity contribution is 7.09. The zero-order chi connectivity index (χ0) is 8.27. The van der Waals surface area contributed by atoms with E-state index in [1.807, 2.05) is 0 Å². The molecular formula is C6H8N2O2S. The predicted octanol–water partition coefficient (Wildman–Crippen LogP) is -0.337. The third kappa shape index (κ3) is 2.28. The summed E-state index contributed by atoms with van der Waals surface area (Å²) >= 11 is 1.32. The molecule has 0 aliphatic heterocycles. The first-order valence-electron chi connectivity index (χ1n) is 3.05. The molecule has 0 atom stereocenters. The molecule has 11 heavy (non-hydrogen) atoms. The Morgan fingerprint density at radius 3 is 3.00 bits per heavy atom. The van der Waals surface area contributed by atoms with Gasteiger partial charge in [0.2, 0.25) is 5.91 Å². The third-order valence-corrected chi connectivity index (χ3v) is 1.97. The van der Waals surface area contributed by atoms with E-state index in [9.17, 15) is 4.79 Å². The maximum absolute atomic E-state index is 10.4. The Labute approximate surface area is 67.7 Å². The zero-order valence-electron chi connectivity index (χ0n) is 5.78. The second-order valence-corrected chi connectivity index (χ2v) is 2.98. The number of carbonyl (C=O) groups excluding carboxylic acids is 1. The number of rotatable bonds is 3. The van der Waals surface area contributed by atoms with Crippen molar-refractivity contribution < 1.29 is 9.90 Å². The highest BCUT2D eigenvalue weighted by Crippen LogP contribution is 2.09. The standard InChI is InChI=1S/C6H8N2O2S/c7-5(10)1-4-3-11-6(2-9)8-4/h3,9H,1-2H2,(H2,7,10). The number of carbonyl (C=O) groups is 1. The highest BCUT2D eigenvalue weighted by Gasteiger charge is 2.02. The summed E-state index contributed by atoms with van der Waals surface area (Å²) in [5.74, 6) is -0.403. The van der Waals surface area contributed by atoms with Crippen LogP contribution in [0.2, 0.25) is 0 Å². The lowest BCUT2D eigenvalue weighted by molar-refractivity contribution is -0.117. The second kappa shape index (κ2) is 3.45. The average molecular weight is 172 g/mol. The van der Waals surface area contributed by atoms with Gasteiger partial charge in [-0.05, 0) is 0 Å². The van der Waals surface area contributed by atoms with Gasteiger partial charge in [-0.1, -0.05) is 0 Å². The summed E-state index contributed by atoms with van der Waals surface area (Å²) in [6, 6.07) is 0. The second-order valence-electron chi connectivity index (χ2n) is 2.03. The van der Waals surface area contributed by atoms with Crippen molar-refractivity contribution in [2.75, 3.05) is 0 Å². The SMILES string of the molecule is NC(=O)Cc1csc(CO)n1. The van der Waals surface area contributed by atoms with Crippen LogP contribution in [0.5, 0.6) is 0 Å². The van der Waals surface area contributed by atoms with Crippen LogP contribution in [0.4, 0.5) is 0 Å². The minimum Gasteiger partial charge on any atom is -0.389 e. The number of aromatic nitrogens is 1. The van der Waals surface area contributed by atoms with Crippen LogP contribution in [0.15, 0.2) is 5.38 Å². The maximum atomic E-state index is 10.4. The highest BCUT2D eigenvalue weighted by atomic mass is 32.1. The van der Waals surface area contributed by atoms with Crippen molar-refractivity contribution in [3.63, 3.8) is 0 Å². The summed E-state index contributed by atoms with van der Waals surface area (Å²) in [4.78, 5) is 14.3. The van der Waals surface area contributed by atoms with Crippen molar-refractivity contribution in [3.8, 4) is 0 Å². The molecule has 0 unspecified atom stereocenters. The summed E-state index contributed by atoms with van der Waals surface area (Å²) in [6.45, 7) is -0.0799. The molecule has 0 spiro atoms. The molecule has 4 nitrogen and oxygen atoms in total. The van der Waals surface area contributed by atoms with E-state index in [1.54, 1.807) is 5.38 Å². The Kier molecular flexibility index (Phi) is 2.56. The molecule has 1 aromatic heterocycles. The molecule has 1 rings (SSSR count). The Bertz CT molecular complexity index is 259. The molecule has 3 N–H and O–H groups in total. The van der Waals surface area contributed by atoms with E-state index in [2.05, 4.69) is 4.98 Å². The van der Waals surface area contributed by atoms with Crippen molar-refractivity contribution >= 4 is 17.2 Å². The van der Waals surface area contributed by atoms with Crippen molar-refractivity contribution in [2.24, 2.45) is 5.73 Å². The summed E-state index contributed by atoms with van der Waals surface area (Å²) in [7, 11) is 0. The summed E-state index contributed by atoms with van der Waals surface area (Å²) in [6.07, 6.45) is 0.149. The van der Waals surface area contributed by atoms with Gasteiger partial charge in [0.1, 0.15) is 5.01 Å². The van der Waals surface area contributed by atoms with Crippen LogP contribution in [-0.4, -0.2) is 16.0 Å². The summed E-state index contributed by atoms with van der Waals surface area (Å²) < 4.78 is 0. The molecule has 0 radical (unpaired) electrons. The Hall–Kier alpha value is -0.940. The van der Waals surface area contributed by atoms with Gasteiger partial charge in [0, 0.05) is 5.38 Å². The van der Waals surface area contributed by atoms with Crippen molar-refractivity contribution in [2.45, 2.75) is 13.0 Å². The number of primary amides is 1. The van der Waals surface area contributed by atoms with Crippen LogP contribution >= 0.6 is 11.3 Å². The Balaban J connectivity index is 2.65. The molecule has 0 aromatic carbocycles. The van der Waals surface area contributed by atoms with Crippen LogP contribution in [0.25, 0.3) is 0 Å². The number of hydrogen-bond acceptors (Lipinski definition) is 4. The Morgan fingerprint density at radius 1 is 1.82 bits per heavy atom. The van der Waals surface area contributed by atoms with E-state index in [1.165, 1.54) is 11.3 Å². The third-order valence-electron chi connectivity index (χ3n) is 1.09. The first kappa shape index (κ1) is 8.16. The van der Waals surface area contributed by atoms with Gasteiger partial charge in [0.15, 0.2) is 0 Å². The van der Waals surface area contributed by atoms with E-state index in [0.29, 0.717) is 10.7 Å². The van der Waals surface area contributed by atoms with Gasteiger partial charge in [-0.25, -0.2) is 4.98 Å². The van der Waals surface area contributed by atoms with E-state index in [0.717, 1.165) is 0 Å². The number of aliphatic hydroxyl groups is 1. The minimum atomic E-state index is -0.403. The van der Waals surface area contributed by atoms with Gasteiger partial charge in [0.25, 0.3) is 0 Å². The number of thiazole rings is 1. The molecule has 0 aliphatic rings.